The number of thiazole rings is 1. The number of carbonyl (C=O) groups is 1. The molecule has 0 unspecified atom stereocenters. The molecule has 1 aliphatic heterocycles. The van der Waals surface area contributed by atoms with Gasteiger partial charge >= 0.3 is 5.97 Å². The van der Waals surface area contributed by atoms with Gasteiger partial charge in [-0.15, -0.1) is 0 Å². The van der Waals surface area contributed by atoms with Crippen molar-refractivity contribution in [3.05, 3.63) is 102 Å². The van der Waals surface area contributed by atoms with Gasteiger partial charge in [0.2, 0.25) is 0 Å². The van der Waals surface area contributed by atoms with Crippen LogP contribution in [0, 0.1) is 5.82 Å². The summed E-state index contributed by atoms with van der Waals surface area (Å²) in [7, 11) is 1.30. The summed E-state index contributed by atoms with van der Waals surface area (Å²) < 4.78 is 20.9. The first kappa shape index (κ1) is 19.0. The normalized spacial score (nSPS) is 16.4. The van der Waals surface area contributed by atoms with Gasteiger partial charge in [-0.05, 0) is 24.6 Å². The summed E-state index contributed by atoms with van der Waals surface area (Å²) in [5, 5.41) is 0. The lowest BCUT2D eigenvalue weighted by Gasteiger charge is -2.24. The molecule has 4 rings (SSSR count). The first-order chi connectivity index (χ1) is 14.0. The van der Waals surface area contributed by atoms with Crippen LogP contribution in [0.3, 0.4) is 0 Å². The Morgan fingerprint density at radius 3 is 2.55 bits per heavy atom. The van der Waals surface area contributed by atoms with Crippen molar-refractivity contribution >= 4 is 23.4 Å². The van der Waals surface area contributed by atoms with Crippen molar-refractivity contribution in [2.75, 3.05) is 7.11 Å². The Balaban J connectivity index is 2.00. The van der Waals surface area contributed by atoms with Gasteiger partial charge in [-0.2, -0.15) is 0 Å². The van der Waals surface area contributed by atoms with Crippen molar-refractivity contribution in [1.82, 2.24) is 4.57 Å². The van der Waals surface area contributed by atoms with Gasteiger partial charge in [0.15, 0.2) is 4.80 Å². The van der Waals surface area contributed by atoms with Crippen LogP contribution in [-0.4, -0.2) is 17.6 Å². The van der Waals surface area contributed by atoms with Gasteiger partial charge in [0.1, 0.15) is 5.82 Å². The summed E-state index contributed by atoms with van der Waals surface area (Å²) in [4.78, 5) is 30.7. The lowest BCUT2D eigenvalue weighted by molar-refractivity contribution is -0.136. The average molecular weight is 408 g/mol. The molecule has 0 saturated carbocycles. The van der Waals surface area contributed by atoms with Crippen LogP contribution in [0.15, 0.2) is 75.7 Å². The highest BCUT2D eigenvalue weighted by molar-refractivity contribution is 7.07. The zero-order valence-corrected chi connectivity index (χ0v) is 16.6. The Labute approximate surface area is 169 Å². The van der Waals surface area contributed by atoms with E-state index in [9.17, 15) is 14.0 Å². The number of hydrogen-bond donors (Lipinski definition) is 0. The van der Waals surface area contributed by atoms with Gasteiger partial charge in [-0.3, -0.25) is 9.36 Å². The van der Waals surface area contributed by atoms with Crippen LogP contribution in [0.4, 0.5) is 4.39 Å². The van der Waals surface area contributed by atoms with E-state index >= 15 is 0 Å². The molecule has 0 radical (unpaired) electrons. The molecule has 0 fully saturated rings. The van der Waals surface area contributed by atoms with Crippen molar-refractivity contribution in [3.8, 4) is 0 Å². The smallest absolute Gasteiger partial charge is 0.338 e. The van der Waals surface area contributed by atoms with E-state index in [0.29, 0.717) is 26.2 Å². The van der Waals surface area contributed by atoms with Crippen LogP contribution in [0.5, 0.6) is 0 Å². The summed E-state index contributed by atoms with van der Waals surface area (Å²) in [5.74, 6) is -0.951. The van der Waals surface area contributed by atoms with Crippen molar-refractivity contribution in [3.63, 3.8) is 0 Å². The number of fused-ring (bicyclic) bond motifs is 1. The molecule has 29 heavy (non-hydrogen) atoms. The van der Waals surface area contributed by atoms with E-state index in [1.807, 2.05) is 30.3 Å². The number of methoxy groups -OCH3 is 1. The van der Waals surface area contributed by atoms with E-state index in [1.54, 1.807) is 25.1 Å². The summed E-state index contributed by atoms with van der Waals surface area (Å²) in [6.07, 6.45) is 1.51. The zero-order chi connectivity index (χ0) is 20.5. The molecular weight excluding hydrogens is 391 g/mol. The van der Waals surface area contributed by atoms with E-state index in [0.717, 1.165) is 16.9 Å². The van der Waals surface area contributed by atoms with E-state index in [4.69, 9.17) is 4.74 Å². The Bertz CT molecular complexity index is 1310. The molecule has 0 amide bonds. The van der Waals surface area contributed by atoms with Gasteiger partial charge in [-0.1, -0.05) is 59.9 Å². The third-order valence-corrected chi connectivity index (χ3v) is 5.72. The van der Waals surface area contributed by atoms with Crippen molar-refractivity contribution in [2.45, 2.75) is 13.0 Å². The fraction of sp³-hybridized carbons (Fsp3) is 0.136. The monoisotopic (exact) mass is 408 g/mol. The molecule has 2 heterocycles. The quantitative estimate of drug-likeness (QED) is 0.626. The molecule has 0 saturated heterocycles. The SMILES string of the molecule is COC(=O)C1=C(C)N=c2s/c(=C/c3ccccc3F)c(=O)n2[C@H]1c1ccccc1. The Kier molecular flexibility index (Phi) is 4.98. The fourth-order valence-electron chi connectivity index (χ4n) is 3.38. The van der Waals surface area contributed by atoms with Crippen LogP contribution in [0.25, 0.3) is 6.08 Å². The molecule has 1 aromatic heterocycles. The second kappa shape index (κ2) is 7.60. The number of ether oxygens (including phenoxy) is 1. The van der Waals surface area contributed by atoms with Crippen molar-refractivity contribution in [2.24, 2.45) is 4.99 Å². The minimum atomic E-state index is -0.664. The number of hydrogen-bond acceptors (Lipinski definition) is 5. The van der Waals surface area contributed by atoms with Crippen LogP contribution in [0.2, 0.25) is 0 Å². The fourth-order valence-corrected chi connectivity index (χ4v) is 4.41. The summed E-state index contributed by atoms with van der Waals surface area (Å²) >= 11 is 1.16. The second-order valence-corrected chi connectivity index (χ2v) is 7.51. The predicted molar refractivity (Wildman–Crippen MR) is 109 cm³/mol. The molecule has 0 bridgehead atoms. The van der Waals surface area contributed by atoms with Crippen molar-refractivity contribution < 1.29 is 13.9 Å². The third-order valence-electron chi connectivity index (χ3n) is 4.73. The first-order valence-electron chi connectivity index (χ1n) is 8.91. The van der Waals surface area contributed by atoms with Crippen LogP contribution < -0.4 is 14.9 Å². The molecule has 2 aromatic carbocycles. The summed E-state index contributed by atoms with van der Waals surface area (Å²) in [6.45, 7) is 1.72. The van der Waals surface area contributed by atoms with E-state index in [1.165, 1.54) is 23.8 Å². The first-order valence-corrected chi connectivity index (χ1v) is 9.73. The van der Waals surface area contributed by atoms with Crippen LogP contribution in [0.1, 0.15) is 24.1 Å². The topological polar surface area (TPSA) is 60.7 Å². The molecule has 0 N–H and O–H groups in total. The highest BCUT2D eigenvalue weighted by Crippen LogP contribution is 2.30. The Morgan fingerprint density at radius 2 is 1.86 bits per heavy atom. The highest BCUT2D eigenvalue weighted by atomic mass is 32.1. The Hall–Kier alpha value is -3.32. The van der Waals surface area contributed by atoms with Crippen molar-refractivity contribution in [1.29, 1.82) is 0 Å². The van der Waals surface area contributed by atoms with Gasteiger partial charge < -0.3 is 4.74 Å². The number of aromatic nitrogens is 1. The van der Waals surface area contributed by atoms with Gasteiger partial charge in [0.25, 0.3) is 5.56 Å². The number of carbonyl (C=O) groups excluding carboxylic acids is 1. The lowest BCUT2D eigenvalue weighted by Crippen LogP contribution is -2.39. The maximum atomic E-state index is 14.1. The van der Waals surface area contributed by atoms with E-state index in [2.05, 4.69) is 4.99 Å². The van der Waals surface area contributed by atoms with Gasteiger partial charge in [0, 0.05) is 5.56 Å². The maximum Gasteiger partial charge on any atom is 0.338 e. The molecule has 1 atom stereocenters. The molecule has 146 valence electrons. The second-order valence-electron chi connectivity index (χ2n) is 6.51. The molecule has 0 spiro atoms. The number of halogens is 1. The predicted octanol–water partition coefficient (Wildman–Crippen LogP) is 2.55. The zero-order valence-electron chi connectivity index (χ0n) is 15.8. The molecule has 3 aromatic rings. The van der Waals surface area contributed by atoms with E-state index in [-0.39, 0.29) is 5.56 Å². The summed E-state index contributed by atoms with van der Waals surface area (Å²) in [6, 6.07) is 14.8. The number of esters is 1. The minimum absolute atomic E-state index is 0.309. The Morgan fingerprint density at radius 1 is 1.17 bits per heavy atom. The third kappa shape index (κ3) is 3.34. The lowest BCUT2D eigenvalue weighted by atomic mass is 9.96. The van der Waals surface area contributed by atoms with Gasteiger partial charge in [0.05, 0.1) is 29.0 Å². The largest absolute Gasteiger partial charge is 0.466 e. The molecule has 7 heteroatoms. The van der Waals surface area contributed by atoms with Crippen LogP contribution >= 0.6 is 11.3 Å². The minimum Gasteiger partial charge on any atom is -0.466 e. The van der Waals surface area contributed by atoms with Crippen LogP contribution in [-0.2, 0) is 9.53 Å². The average Bonchev–Trinajstić information content (AvgIpc) is 3.03. The number of benzene rings is 2. The maximum absolute atomic E-state index is 14.1. The number of nitrogens with zero attached hydrogens (tertiary/aromatic N) is 2. The number of allylic oxidation sites excluding steroid dienone is 1. The van der Waals surface area contributed by atoms with E-state index < -0.39 is 17.8 Å². The molecule has 0 aliphatic carbocycles. The standard InChI is InChI=1S/C22H17FN2O3S/c1-13-18(21(27)28-2)19(14-8-4-3-5-9-14)25-20(26)17(29-22(25)24-13)12-15-10-6-7-11-16(15)23/h3-12,19H,1-2H3/b17-12+/t19-/m0/s1. The molecular formula is C22H17FN2O3S. The van der Waals surface area contributed by atoms with Gasteiger partial charge in [-0.25, -0.2) is 14.2 Å². The highest BCUT2D eigenvalue weighted by Gasteiger charge is 2.32. The number of rotatable bonds is 3. The molecule has 1 aliphatic rings. The summed E-state index contributed by atoms with van der Waals surface area (Å²) in [5.41, 5.74) is 1.55. The molecule has 5 nitrogen and oxygen atoms in total.